The molecule has 3 heterocycles. The van der Waals surface area contributed by atoms with Crippen molar-refractivity contribution >= 4 is 97.9 Å². The Hall–Kier alpha value is -7.04. The molecule has 0 spiro atoms. The highest BCUT2D eigenvalue weighted by atomic mass is 16.3. The Morgan fingerprint density at radius 2 is 1.00 bits per heavy atom. The summed E-state index contributed by atoms with van der Waals surface area (Å²) in [4.78, 5) is 11.3. The molecule has 0 unspecified atom stereocenters. The number of para-hydroxylation sites is 2. The lowest BCUT2D eigenvalue weighted by Gasteiger charge is -2.17. The molecule has 0 saturated heterocycles. The predicted molar refractivity (Wildman–Crippen MR) is 217 cm³/mol. The van der Waals surface area contributed by atoms with Crippen LogP contribution in [-0.2, 0) is 0 Å². The van der Waals surface area contributed by atoms with Crippen LogP contribution in [0.3, 0.4) is 0 Å². The minimum absolute atomic E-state index is 0.787. The monoisotopic (exact) mass is 661 g/mol. The van der Waals surface area contributed by atoms with Gasteiger partial charge in [-0.1, -0.05) is 133 Å². The van der Waals surface area contributed by atoms with Crippen LogP contribution in [0.15, 0.2) is 168 Å². The number of fused-ring (bicyclic) bond motifs is 16. The molecule has 0 atom stereocenters. The van der Waals surface area contributed by atoms with Gasteiger partial charge in [-0.3, -0.25) is 4.57 Å². The summed E-state index contributed by atoms with van der Waals surface area (Å²) in [6.45, 7) is 0. The molecule has 0 saturated carbocycles. The summed E-state index contributed by atoms with van der Waals surface area (Å²) >= 11 is 0. The van der Waals surface area contributed by atoms with Crippen LogP contribution in [0.4, 0.5) is 0 Å². The molecule has 0 N–H and O–H groups in total. The Labute approximate surface area is 296 Å². The lowest BCUT2D eigenvalue weighted by Crippen LogP contribution is -2.04. The number of benzene rings is 9. The van der Waals surface area contributed by atoms with Gasteiger partial charge in [-0.05, 0) is 62.6 Å². The first-order valence-corrected chi connectivity index (χ1v) is 17.7. The maximum atomic E-state index is 6.65. The van der Waals surface area contributed by atoms with Gasteiger partial charge in [0.15, 0.2) is 5.82 Å². The molecular weight excluding hydrogens is 635 g/mol. The van der Waals surface area contributed by atoms with Crippen LogP contribution in [0.25, 0.3) is 115 Å². The number of nitrogens with zero attached hydrogens (tertiary/aromatic N) is 3. The molecule has 4 heteroatoms. The number of hydrogen-bond donors (Lipinski definition) is 0. The maximum absolute atomic E-state index is 6.65. The molecule has 12 rings (SSSR count). The van der Waals surface area contributed by atoms with Gasteiger partial charge >= 0.3 is 0 Å². The van der Waals surface area contributed by atoms with Gasteiger partial charge in [0, 0.05) is 32.5 Å². The second kappa shape index (κ2) is 10.3. The highest BCUT2D eigenvalue weighted by Crippen LogP contribution is 2.43. The van der Waals surface area contributed by atoms with Crippen molar-refractivity contribution in [2.24, 2.45) is 0 Å². The summed E-state index contributed by atoms with van der Waals surface area (Å²) in [7, 11) is 0. The zero-order valence-electron chi connectivity index (χ0n) is 27.8. The van der Waals surface area contributed by atoms with Crippen LogP contribution in [-0.4, -0.2) is 14.5 Å². The van der Waals surface area contributed by atoms with Gasteiger partial charge in [0.05, 0.1) is 27.5 Å². The first-order chi connectivity index (χ1) is 25.8. The topological polar surface area (TPSA) is 43.9 Å². The smallest absolute Gasteiger partial charge is 0.165 e. The Morgan fingerprint density at radius 1 is 0.404 bits per heavy atom. The third-order valence-corrected chi connectivity index (χ3v) is 10.9. The van der Waals surface area contributed by atoms with Crippen molar-refractivity contribution < 1.29 is 4.42 Å². The fourth-order valence-corrected chi connectivity index (χ4v) is 8.62. The highest BCUT2D eigenvalue weighted by molar-refractivity contribution is 6.25. The van der Waals surface area contributed by atoms with Gasteiger partial charge in [0.1, 0.15) is 16.9 Å². The average molecular weight is 662 g/mol. The molecule has 0 amide bonds. The Bertz CT molecular complexity index is 3480. The van der Waals surface area contributed by atoms with Crippen molar-refractivity contribution in [1.82, 2.24) is 14.5 Å². The molecule has 12 aromatic rings. The molecule has 3 aromatic heterocycles. The van der Waals surface area contributed by atoms with E-state index in [1.165, 1.54) is 32.3 Å². The maximum Gasteiger partial charge on any atom is 0.165 e. The van der Waals surface area contributed by atoms with E-state index in [2.05, 4.69) is 156 Å². The van der Waals surface area contributed by atoms with E-state index in [1.54, 1.807) is 0 Å². The van der Waals surface area contributed by atoms with Gasteiger partial charge in [-0.2, -0.15) is 0 Å². The zero-order chi connectivity index (χ0) is 33.9. The van der Waals surface area contributed by atoms with E-state index in [4.69, 9.17) is 14.4 Å². The van der Waals surface area contributed by atoms with E-state index in [1.807, 2.05) is 12.1 Å². The van der Waals surface area contributed by atoms with Crippen LogP contribution in [0, 0.1) is 0 Å². The number of furan rings is 1. The molecule has 9 aromatic carbocycles. The minimum atomic E-state index is 0.787. The van der Waals surface area contributed by atoms with Crippen molar-refractivity contribution in [2.45, 2.75) is 0 Å². The van der Waals surface area contributed by atoms with Gasteiger partial charge < -0.3 is 4.42 Å². The molecule has 240 valence electrons. The number of aromatic nitrogens is 3. The normalized spacial score (nSPS) is 12.2. The van der Waals surface area contributed by atoms with Crippen molar-refractivity contribution in [2.75, 3.05) is 0 Å². The lowest BCUT2D eigenvalue weighted by atomic mass is 9.98. The van der Waals surface area contributed by atoms with Crippen molar-refractivity contribution in [3.05, 3.63) is 164 Å². The summed E-state index contributed by atoms with van der Waals surface area (Å²) in [5.41, 5.74) is 7.47. The van der Waals surface area contributed by atoms with Crippen LogP contribution in [0.2, 0.25) is 0 Å². The van der Waals surface area contributed by atoms with E-state index >= 15 is 0 Å². The largest absolute Gasteiger partial charge is 0.455 e. The third-order valence-electron chi connectivity index (χ3n) is 10.9. The average Bonchev–Trinajstić information content (AvgIpc) is 3.76. The summed E-state index contributed by atoms with van der Waals surface area (Å²) in [6.07, 6.45) is 0. The van der Waals surface area contributed by atoms with Crippen LogP contribution >= 0.6 is 0 Å². The fourth-order valence-electron chi connectivity index (χ4n) is 8.62. The van der Waals surface area contributed by atoms with Crippen LogP contribution < -0.4 is 0 Å². The number of rotatable bonds is 2. The first-order valence-electron chi connectivity index (χ1n) is 17.7. The zero-order valence-corrected chi connectivity index (χ0v) is 27.8. The molecule has 52 heavy (non-hydrogen) atoms. The SMILES string of the molecule is c1ccc2c(c1)ccc1cc(-c3nc4c5ccccc5c5ccccc5c4nc3-n3c4ccccc4c4c5oc6ccccc6c5ccc43)ccc12. The second-order valence-electron chi connectivity index (χ2n) is 13.7. The molecule has 0 radical (unpaired) electrons. The Balaban J connectivity index is 1.26. The summed E-state index contributed by atoms with van der Waals surface area (Å²) in [5.74, 6) is 0.787. The molecule has 0 aliphatic rings. The summed E-state index contributed by atoms with van der Waals surface area (Å²) in [6, 6.07) is 58.2. The third kappa shape index (κ3) is 3.70. The molecule has 0 aliphatic heterocycles. The van der Waals surface area contributed by atoms with E-state index < -0.39 is 0 Å². The molecular formula is C48H27N3O. The van der Waals surface area contributed by atoms with Gasteiger partial charge in [-0.25, -0.2) is 9.97 Å². The van der Waals surface area contributed by atoms with Crippen LogP contribution in [0.5, 0.6) is 0 Å². The van der Waals surface area contributed by atoms with Gasteiger partial charge in [-0.15, -0.1) is 0 Å². The van der Waals surface area contributed by atoms with Crippen LogP contribution in [0.1, 0.15) is 0 Å². The predicted octanol–water partition coefficient (Wildman–Crippen LogP) is 12.9. The Morgan fingerprint density at radius 3 is 1.81 bits per heavy atom. The molecule has 0 bridgehead atoms. The van der Waals surface area contributed by atoms with Gasteiger partial charge in [0.25, 0.3) is 0 Å². The lowest BCUT2D eigenvalue weighted by molar-refractivity contribution is 0.673. The number of hydrogen-bond acceptors (Lipinski definition) is 3. The Kier molecular flexibility index (Phi) is 5.47. The standard InChI is InChI=1S/C48H27N3O/c1-2-12-31-28(11-1)21-22-29-27-30(23-24-32(29)31)44-48(50-46-37-17-6-4-14-34(37)33-13-3-5-16-36(33)45(46)49-44)51-40-19-9-7-18-39(40)43-41(51)26-25-38-35-15-8-10-20-42(35)52-47(38)43/h1-27H. The second-order valence-corrected chi connectivity index (χ2v) is 13.7. The van der Waals surface area contributed by atoms with Gasteiger partial charge in [0.2, 0.25) is 0 Å². The molecule has 0 aliphatic carbocycles. The highest BCUT2D eigenvalue weighted by Gasteiger charge is 2.24. The molecule has 0 fully saturated rings. The minimum Gasteiger partial charge on any atom is -0.455 e. The van der Waals surface area contributed by atoms with E-state index in [0.717, 1.165) is 82.6 Å². The molecule has 4 nitrogen and oxygen atoms in total. The first kappa shape index (κ1) is 27.7. The van der Waals surface area contributed by atoms with Crippen molar-refractivity contribution in [3.63, 3.8) is 0 Å². The van der Waals surface area contributed by atoms with Crippen molar-refractivity contribution in [1.29, 1.82) is 0 Å². The van der Waals surface area contributed by atoms with E-state index in [9.17, 15) is 0 Å². The summed E-state index contributed by atoms with van der Waals surface area (Å²) in [5, 5.41) is 13.8. The fraction of sp³-hybridized carbons (Fsp3) is 0. The quantitative estimate of drug-likeness (QED) is 0.173. The van der Waals surface area contributed by atoms with Crippen molar-refractivity contribution in [3.8, 4) is 17.1 Å². The van der Waals surface area contributed by atoms with E-state index in [-0.39, 0.29) is 0 Å². The summed E-state index contributed by atoms with van der Waals surface area (Å²) < 4.78 is 8.95. The van der Waals surface area contributed by atoms with E-state index in [0.29, 0.717) is 0 Å².